The Hall–Kier alpha value is -2.39. The Balaban J connectivity index is 1.47. The second-order valence-corrected chi connectivity index (χ2v) is 8.76. The molecule has 2 fully saturated rings. The molecule has 2 aromatic carbocycles. The van der Waals surface area contributed by atoms with Gasteiger partial charge in [-0.1, -0.05) is 55.7 Å². The number of rotatable bonds is 7. The predicted octanol–water partition coefficient (Wildman–Crippen LogP) is 2.75. The maximum Gasteiger partial charge on any atom is 0.238 e. The van der Waals surface area contributed by atoms with E-state index in [1.54, 1.807) is 0 Å². The Kier molecular flexibility index (Phi) is 7.47. The molecule has 1 heterocycles. The lowest BCUT2D eigenvalue weighted by Crippen LogP contribution is -2.56. The van der Waals surface area contributed by atoms with Crippen molar-refractivity contribution in [3.63, 3.8) is 0 Å². The van der Waals surface area contributed by atoms with Crippen LogP contribution in [0, 0.1) is 17.6 Å². The van der Waals surface area contributed by atoms with Gasteiger partial charge in [-0.3, -0.25) is 4.79 Å². The molecule has 1 saturated carbocycles. The van der Waals surface area contributed by atoms with Crippen LogP contribution in [0.1, 0.15) is 43.2 Å². The van der Waals surface area contributed by atoms with Crippen molar-refractivity contribution in [1.82, 2.24) is 21.3 Å². The molecule has 6 nitrogen and oxygen atoms in total. The number of benzene rings is 2. The molecule has 2 aromatic rings. The third-order valence-corrected chi connectivity index (χ3v) is 6.52. The van der Waals surface area contributed by atoms with Crippen molar-refractivity contribution in [3.8, 4) is 0 Å². The minimum Gasteiger partial charge on any atom is -0.337 e. The maximum absolute atomic E-state index is 14.3. The van der Waals surface area contributed by atoms with E-state index in [-0.39, 0.29) is 30.0 Å². The second-order valence-electron chi connectivity index (χ2n) is 8.76. The zero-order valence-electron chi connectivity index (χ0n) is 18.1. The van der Waals surface area contributed by atoms with Gasteiger partial charge in [0.15, 0.2) is 0 Å². The van der Waals surface area contributed by atoms with Crippen molar-refractivity contribution in [1.29, 1.82) is 0 Å². The van der Waals surface area contributed by atoms with Gasteiger partial charge in [0.2, 0.25) is 5.91 Å². The lowest BCUT2D eigenvalue weighted by atomic mass is 9.82. The standard InChI is InChI=1S/C24H31F2N5O/c25-19-12-7-13-20(26)18(19)15-31-22(17-10-5-2-6-11-17)23(29-30-31)28-24(32)21(27)14-16-8-3-1-4-9-16/h1,3-4,7-9,12-13,17,21-23,29-30H,2,5-6,10-11,14-15,27H2,(H,28,32)/t21-,22?,23?/m0/s1. The summed E-state index contributed by atoms with van der Waals surface area (Å²) in [6, 6.07) is 12.7. The number of amides is 1. The zero-order valence-corrected chi connectivity index (χ0v) is 18.1. The van der Waals surface area contributed by atoms with Gasteiger partial charge in [-0.05, 0) is 42.9 Å². The number of carbonyl (C=O) groups is 1. The first-order valence-electron chi connectivity index (χ1n) is 11.3. The molecular formula is C24H31F2N5O. The minimum atomic E-state index is -0.690. The van der Waals surface area contributed by atoms with Crippen molar-refractivity contribution < 1.29 is 13.6 Å². The molecule has 8 heteroatoms. The Labute approximate surface area is 187 Å². The number of halogens is 2. The minimum absolute atomic E-state index is 0.00960. The van der Waals surface area contributed by atoms with Crippen molar-refractivity contribution >= 4 is 5.91 Å². The highest BCUT2D eigenvalue weighted by atomic mass is 19.1. The van der Waals surface area contributed by atoms with Crippen LogP contribution in [0.3, 0.4) is 0 Å². The summed E-state index contributed by atoms with van der Waals surface area (Å²) < 4.78 is 28.6. The van der Waals surface area contributed by atoms with Crippen LogP contribution in [0.2, 0.25) is 0 Å². The van der Waals surface area contributed by atoms with Gasteiger partial charge in [-0.25, -0.2) is 19.2 Å². The van der Waals surface area contributed by atoms with E-state index in [2.05, 4.69) is 16.3 Å². The smallest absolute Gasteiger partial charge is 0.238 e. The number of nitrogens with zero attached hydrogens (tertiary/aromatic N) is 1. The van der Waals surface area contributed by atoms with E-state index in [4.69, 9.17) is 5.73 Å². The van der Waals surface area contributed by atoms with Gasteiger partial charge in [0.1, 0.15) is 17.8 Å². The quantitative estimate of drug-likeness (QED) is 0.529. The van der Waals surface area contributed by atoms with Gasteiger partial charge in [-0.15, -0.1) is 0 Å². The molecule has 5 N–H and O–H groups in total. The molecule has 0 aromatic heterocycles. The molecule has 32 heavy (non-hydrogen) atoms. The van der Waals surface area contributed by atoms with Crippen LogP contribution in [0.5, 0.6) is 0 Å². The predicted molar refractivity (Wildman–Crippen MR) is 119 cm³/mol. The van der Waals surface area contributed by atoms with Crippen LogP contribution in [-0.2, 0) is 17.8 Å². The summed E-state index contributed by atoms with van der Waals surface area (Å²) in [6.45, 7) is 0.0507. The molecule has 1 amide bonds. The first-order chi connectivity index (χ1) is 15.5. The normalized spacial score (nSPS) is 23.2. The first-order valence-corrected chi connectivity index (χ1v) is 11.3. The molecule has 2 aliphatic rings. The molecular weight excluding hydrogens is 412 g/mol. The van der Waals surface area contributed by atoms with Crippen LogP contribution in [0.25, 0.3) is 0 Å². The molecule has 2 unspecified atom stereocenters. The topological polar surface area (TPSA) is 82.4 Å². The summed E-state index contributed by atoms with van der Waals surface area (Å²) in [5.74, 6) is -1.12. The summed E-state index contributed by atoms with van der Waals surface area (Å²) in [6.07, 6.45) is 5.44. The van der Waals surface area contributed by atoms with Gasteiger partial charge in [0, 0.05) is 12.1 Å². The van der Waals surface area contributed by atoms with Gasteiger partial charge >= 0.3 is 0 Å². The van der Waals surface area contributed by atoms with Crippen molar-refractivity contribution in [2.45, 2.75) is 63.3 Å². The largest absolute Gasteiger partial charge is 0.337 e. The third kappa shape index (κ3) is 5.32. The molecule has 1 saturated heterocycles. The van der Waals surface area contributed by atoms with E-state index in [0.717, 1.165) is 31.2 Å². The van der Waals surface area contributed by atoms with Crippen molar-refractivity contribution in [2.24, 2.45) is 11.7 Å². The summed E-state index contributed by atoms with van der Waals surface area (Å²) in [4.78, 5) is 12.9. The summed E-state index contributed by atoms with van der Waals surface area (Å²) in [5, 5.41) is 4.84. The molecule has 4 rings (SSSR count). The highest BCUT2D eigenvalue weighted by molar-refractivity contribution is 5.82. The van der Waals surface area contributed by atoms with E-state index in [1.807, 2.05) is 35.3 Å². The summed E-state index contributed by atoms with van der Waals surface area (Å²) in [5.41, 5.74) is 13.3. The molecule has 0 spiro atoms. The van der Waals surface area contributed by atoms with Crippen LogP contribution >= 0.6 is 0 Å². The fraction of sp³-hybridized carbons (Fsp3) is 0.458. The van der Waals surface area contributed by atoms with Crippen molar-refractivity contribution in [3.05, 3.63) is 71.3 Å². The van der Waals surface area contributed by atoms with Crippen LogP contribution in [-0.4, -0.2) is 29.2 Å². The fourth-order valence-corrected chi connectivity index (χ4v) is 4.84. The third-order valence-electron chi connectivity index (χ3n) is 6.52. The number of nitrogens with one attached hydrogen (secondary N) is 3. The van der Waals surface area contributed by atoms with Crippen LogP contribution in [0.15, 0.2) is 48.5 Å². The molecule has 0 bridgehead atoms. The van der Waals surface area contributed by atoms with Gasteiger partial charge < -0.3 is 11.1 Å². The Morgan fingerprint density at radius 2 is 1.75 bits per heavy atom. The van der Waals surface area contributed by atoms with E-state index >= 15 is 0 Å². The molecule has 0 radical (unpaired) electrons. The van der Waals surface area contributed by atoms with Crippen LogP contribution < -0.4 is 22.0 Å². The van der Waals surface area contributed by atoms with Gasteiger partial charge in [0.05, 0.1) is 12.1 Å². The highest BCUT2D eigenvalue weighted by Gasteiger charge is 2.41. The molecule has 172 valence electrons. The lowest BCUT2D eigenvalue weighted by molar-refractivity contribution is -0.123. The number of hydrogen-bond acceptors (Lipinski definition) is 5. The highest BCUT2D eigenvalue weighted by Crippen LogP contribution is 2.32. The second kappa shape index (κ2) is 10.5. The zero-order chi connectivity index (χ0) is 22.5. The van der Waals surface area contributed by atoms with E-state index in [0.29, 0.717) is 6.42 Å². The van der Waals surface area contributed by atoms with Crippen molar-refractivity contribution in [2.75, 3.05) is 0 Å². The monoisotopic (exact) mass is 443 g/mol. The summed E-state index contributed by atoms with van der Waals surface area (Å²) >= 11 is 0. The van der Waals surface area contributed by atoms with Gasteiger partial charge in [0.25, 0.3) is 0 Å². The first kappa shape index (κ1) is 22.8. The molecule has 1 aliphatic carbocycles. The fourth-order valence-electron chi connectivity index (χ4n) is 4.84. The van der Waals surface area contributed by atoms with E-state index in [9.17, 15) is 13.6 Å². The molecule has 1 aliphatic heterocycles. The van der Waals surface area contributed by atoms with Gasteiger partial charge in [-0.2, -0.15) is 5.53 Å². The Morgan fingerprint density at radius 3 is 2.44 bits per heavy atom. The van der Waals surface area contributed by atoms with E-state index in [1.165, 1.54) is 24.6 Å². The number of carbonyl (C=O) groups excluding carboxylic acids is 1. The Bertz CT molecular complexity index is 886. The van der Waals surface area contributed by atoms with Crippen LogP contribution in [0.4, 0.5) is 8.78 Å². The average molecular weight is 444 g/mol. The molecule has 3 atom stereocenters. The maximum atomic E-state index is 14.3. The average Bonchev–Trinajstić information content (AvgIpc) is 3.19. The summed E-state index contributed by atoms with van der Waals surface area (Å²) in [7, 11) is 0. The number of hydrogen-bond donors (Lipinski definition) is 4. The number of nitrogens with two attached hydrogens (primary N) is 1. The Morgan fingerprint density at radius 1 is 1.06 bits per heavy atom. The number of hydrazine groups is 2. The van der Waals surface area contributed by atoms with E-state index < -0.39 is 23.8 Å². The lowest BCUT2D eigenvalue weighted by Gasteiger charge is -2.35. The SMILES string of the molecule is N[C@@H](Cc1ccccc1)C(=O)NC1NNN(Cc2c(F)cccc2F)C1C1CCCCC1.